The van der Waals surface area contributed by atoms with E-state index in [2.05, 4.69) is 12.2 Å². The Labute approximate surface area is 116 Å². The fourth-order valence-corrected chi connectivity index (χ4v) is 2.10. The second-order valence-electron chi connectivity index (χ2n) is 6.09. The van der Waals surface area contributed by atoms with Gasteiger partial charge in [-0.15, -0.1) is 0 Å². The Morgan fingerprint density at radius 2 is 2.16 bits per heavy atom. The Kier molecular flexibility index (Phi) is 6.07. The fraction of sp³-hybridized carbons (Fsp3) is 0.929. The van der Waals surface area contributed by atoms with Gasteiger partial charge in [-0.05, 0) is 41.0 Å². The van der Waals surface area contributed by atoms with Gasteiger partial charge in [-0.2, -0.15) is 0 Å². The standard InChI is InChI=1S/C14H28N2O3/c1-6-18-11(2)9-15-12-7-8-16(10-12)13(17)19-14(3,4)5/h11-12,15H,6-10H2,1-5H3/t11?,12-/m0/s1. The molecule has 5 heteroatoms. The van der Waals surface area contributed by atoms with Gasteiger partial charge in [0.1, 0.15) is 5.60 Å². The van der Waals surface area contributed by atoms with Gasteiger partial charge in [0.25, 0.3) is 0 Å². The van der Waals surface area contributed by atoms with Crippen LogP contribution >= 0.6 is 0 Å². The molecule has 0 spiro atoms. The molecule has 1 aliphatic rings. The third kappa shape index (κ3) is 6.25. The van der Waals surface area contributed by atoms with Crippen LogP contribution in [0.25, 0.3) is 0 Å². The normalized spacial score (nSPS) is 21.5. The van der Waals surface area contributed by atoms with Crippen molar-refractivity contribution in [1.29, 1.82) is 0 Å². The van der Waals surface area contributed by atoms with Gasteiger partial charge < -0.3 is 19.7 Å². The Morgan fingerprint density at radius 3 is 2.74 bits per heavy atom. The van der Waals surface area contributed by atoms with E-state index < -0.39 is 5.60 Å². The van der Waals surface area contributed by atoms with Crippen LogP contribution in [-0.2, 0) is 9.47 Å². The van der Waals surface area contributed by atoms with Gasteiger partial charge in [-0.1, -0.05) is 0 Å². The highest BCUT2D eigenvalue weighted by Gasteiger charge is 2.29. The summed E-state index contributed by atoms with van der Waals surface area (Å²) in [5.74, 6) is 0. The minimum Gasteiger partial charge on any atom is -0.444 e. The molecule has 1 saturated heterocycles. The lowest BCUT2D eigenvalue weighted by atomic mass is 10.2. The molecule has 0 aromatic rings. The zero-order valence-corrected chi connectivity index (χ0v) is 12.9. The summed E-state index contributed by atoms with van der Waals surface area (Å²) >= 11 is 0. The van der Waals surface area contributed by atoms with Crippen molar-refractivity contribution in [3.8, 4) is 0 Å². The second kappa shape index (κ2) is 7.10. The van der Waals surface area contributed by atoms with Crippen molar-refractivity contribution in [3.05, 3.63) is 0 Å². The van der Waals surface area contributed by atoms with E-state index in [-0.39, 0.29) is 12.2 Å². The molecule has 0 aromatic heterocycles. The maximum Gasteiger partial charge on any atom is 0.410 e. The van der Waals surface area contributed by atoms with Crippen molar-refractivity contribution in [1.82, 2.24) is 10.2 Å². The SMILES string of the molecule is CCOC(C)CN[C@H]1CCN(C(=O)OC(C)(C)C)C1. The highest BCUT2D eigenvalue weighted by Crippen LogP contribution is 2.15. The molecule has 0 aliphatic carbocycles. The van der Waals surface area contributed by atoms with Crippen molar-refractivity contribution in [2.75, 3.05) is 26.2 Å². The van der Waals surface area contributed by atoms with Crippen LogP contribution in [0.5, 0.6) is 0 Å². The number of carbonyl (C=O) groups is 1. The summed E-state index contributed by atoms with van der Waals surface area (Å²) in [6.07, 6.45) is 0.966. The van der Waals surface area contributed by atoms with Gasteiger partial charge in [-0.25, -0.2) is 4.79 Å². The van der Waals surface area contributed by atoms with Gasteiger partial charge in [0.15, 0.2) is 0 Å². The number of hydrogen-bond acceptors (Lipinski definition) is 4. The molecule has 0 bridgehead atoms. The smallest absolute Gasteiger partial charge is 0.410 e. The minimum absolute atomic E-state index is 0.209. The van der Waals surface area contributed by atoms with Crippen LogP contribution in [0.4, 0.5) is 4.79 Å². The fourth-order valence-electron chi connectivity index (χ4n) is 2.10. The molecule has 1 aliphatic heterocycles. The number of nitrogens with zero attached hydrogens (tertiary/aromatic N) is 1. The Hall–Kier alpha value is -0.810. The van der Waals surface area contributed by atoms with Gasteiger partial charge >= 0.3 is 6.09 Å². The number of nitrogens with one attached hydrogen (secondary N) is 1. The zero-order valence-electron chi connectivity index (χ0n) is 12.9. The van der Waals surface area contributed by atoms with E-state index in [0.717, 1.165) is 26.1 Å². The summed E-state index contributed by atoms with van der Waals surface area (Å²) in [5.41, 5.74) is -0.425. The number of likely N-dealkylation sites (tertiary alicyclic amines) is 1. The third-order valence-corrected chi connectivity index (χ3v) is 2.99. The molecular formula is C14H28N2O3. The largest absolute Gasteiger partial charge is 0.444 e. The van der Waals surface area contributed by atoms with Crippen molar-refractivity contribution in [2.24, 2.45) is 0 Å². The number of rotatable bonds is 5. The maximum absolute atomic E-state index is 11.9. The molecule has 1 unspecified atom stereocenters. The number of amides is 1. The van der Waals surface area contributed by atoms with Crippen LogP contribution in [0.15, 0.2) is 0 Å². The van der Waals surface area contributed by atoms with Crippen molar-refractivity contribution in [3.63, 3.8) is 0 Å². The predicted molar refractivity (Wildman–Crippen MR) is 75.3 cm³/mol. The Bertz CT molecular complexity index is 289. The number of ether oxygens (including phenoxy) is 2. The highest BCUT2D eigenvalue weighted by molar-refractivity contribution is 5.68. The first-order valence-electron chi connectivity index (χ1n) is 7.14. The van der Waals surface area contributed by atoms with Crippen LogP contribution in [0, 0.1) is 0 Å². The molecule has 19 heavy (non-hydrogen) atoms. The van der Waals surface area contributed by atoms with Crippen molar-refractivity contribution >= 4 is 6.09 Å². The molecular weight excluding hydrogens is 244 g/mol. The first kappa shape index (κ1) is 16.2. The summed E-state index contributed by atoms with van der Waals surface area (Å²) in [5, 5.41) is 3.44. The lowest BCUT2D eigenvalue weighted by Crippen LogP contribution is -2.40. The van der Waals surface area contributed by atoms with Gasteiger partial charge in [-0.3, -0.25) is 0 Å². The van der Waals surface area contributed by atoms with Gasteiger partial charge in [0.05, 0.1) is 6.10 Å². The van der Waals surface area contributed by atoms with E-state index in [1.54, 1.807) is 4.90 Å². The summed E-state index contributed by atoms with van der Waals surface area (Å²) in [6, 6.07) is 0.343. The quantitative estimate of drug-likeness (QED) is 0.832. The Morgan fingerprint density at radius 1 is 1.47 bits per heavy atom. The zero-order chi connectivity index (χ0) is 14.5. The van der Waals surface area contributed by atoms with E-state index in [1.165, 1.54) is 0 Å². The topological polar surface area (TPSA) is 50.8 Å². The number of carbonyl (C=O) groups excluding carboxylic acids is 1. The maximum atomic E-state index is 11.9. The number of hydrogen-bond donors (Lipinski definition) is 1. The Balaban J connectivity index is 2.27. The second-order valence-corrected chi connectivity index (χ2v) is 6.09. The molecule has 5 nitrogen and oxygen atoms in total. The molecule has 1 heterocycles. The molecule has 0 aromatic carbocycles. The lowest BCUT2D eigenvalue weighted by Gasteiger charge is -2.24. The molecule has 112 valence electrons. The van der Waals surface area contributed by atoms with E-state index >= 15 is 0 Å². The monoisotopic (exact) mass is 272 g/mol. The van der Waals surface area contributed by atoms with Crippen LogP contribution in [0.3, 0.4) is 0 Å². The lowest BCUT2D eigenvalue weighted by molar-refractivity contribution is 0.0289. The third-order valence-electron chi connectivity index (χ3n) is 2.99. The molecule has 2 atom stereocenters. The van der Waals surface area contributed by atoms with E-state index in [0.29, 0.717) is 12.6 Å². The molecule has 1 fully saturated rings. The first-order valence-corrected chi connectivity index (χ1v) is 7.14. The minimum atomic E-state index is -0.425. The predicted octanol–water partition coefficient (Wildman–Crippen LogP) is 2.01. The molecule has 1 amide bonds. The van der Waals surface area contributed by atoms with Crippen LogP contribution in [-0.4, -0.2) is 55.0 Å². The molecule has 1 rings (SSSR count). The first-order chi connectivity index (χ1) is 8.81. The summed E-state index contributed by atoms with van der Waals surface area (Å²) in [7, 11) is 0. The van der Waals surface area contributed by atoms with Gasteiger partial charge in [0, 0.05) is 32.3 Å². The summed E-state index contributed by atoms with van der Waals surface area (Å²) < 4.78 is 10.8. The molecule has 0 radical (unpaired) electrons. The highest BCUT2D eigenvalue weighted by atomic mass is 16.6. The van der Waals surface area contributed by atoms with Crippen LogP contribution in [0.1, 0.15) is 41.0 Å². The van der Waals surface area contributed by atoms with Crippen molar-refractivity contribution in [2.45, 2.75) is 58.8 Å². The van der Waals surface area contributed by atoms with E-state index in [9.17, 15) is 4.79 Å². The van der Waals surface area contributed by atoms with Crippen LogP contribution in [0.2, 0.25) is 0 Å². The average molecular weight is 272 g/mol. The average Bonchev–Trinajstić information content (AvgIpc) is 2.73. The molecule has 1 N–H and O–H groups in total. The summed E-state index contributed by atoms with van der Waals surface area (Å²) in [6.45, 7) is 12.7. The van der Waals surface area contributed by atoms with Crippen molar-refractivity contribution < 1.29 is 14.3 Å². The summed E-state index contributed by atoms with van der Waals surface area (Å²) in [4.78, 5) is 13.7. The van der Waals surface area contributed by atoms with Crippen LogP contribution < -0.4 is 5.32 Å². The van der Waals surface area contributed by atoms with E-state index in [4.69, 9.17) is 9.47 Å². The van der Waals surface area contributed by atoms with E-state index in [1.807, 2.05) is 27.7 Å². The van der Waals surface area contributed by atoms with Gasteiger partial charge in [0.2, 0.25) is 0 Å². The molecule has 0 saturated carbocycles.